The molecule has 29 heavy (non-hydrogen) atoms. The lowest BCUT2D eigenvalue weighted by Gasteiger charge is -2.29. The standard InChI is InChI=1S/C25H29N3O/c26-18-22-13-12-20(19-8-3-1-4-9-19)17-24(22)27-25(29)21-10-7-11-23(16-21)28-14-5-2-6-15-28/h7,10-13,16-17,19H,1-6,8-9,14-15H2,(H,27,29). The minimum absolute atomic E-state index is 0.152. The summed E-state index contributed by atoms with van der Waals surface area (Å²) in [4.78, 5) is 15.3. The largest absolute Gasteiger partial charge is 0.372 e. The number of nitrogens with one attached hydrogen (secondary N) is 1. The smallest absolute Gasteiger partial charge is 0.255 e. The van der Waals surface area contributed by atoms with E-state index >= 15 is 0 Å². The summed E-state index contributed by atoms with van der Waals surface area (Å²) in [6, 6.07) is 16.0. The van der Waals surface area contributed by atoms with Crippen LogP contribution in [-0.2, 0) is 0 Å². The van der Waals surface area contributed by atoms with Crippen LogP contribution in [0.5, 0.6) is 0 Å². The number of amides is 1. The van der Waals surface area contributed by atoms with Gasteiger partial charge in [-0.05, 0) is 73.9 Å². The molecule has 4 heteroatoms. The molecule has 2 aromatic rings. The Bertz CT molecular complexity index is 903. The molecule has 4 nitrogen and oxygen atoms in total. The Balaban J connectivity index is 1.53. The second-order valence-electron chi connectivity index (χ2n) is 8.30. The van der Waals surface area contributed by atoms with E-state index in [4.69, 9.17) is 0 Å². The van der Waals surface area contributed by atoms with Gasteiger partial charge in [-0.15, -0.1) is 0 Å². The van der Waals surface area contributed by atoms with Crippen molar-refractivity contribution in [3.05, 3.63) is 59.2 Å². The maximum atomic E-state index is 13.0. The zero-order valence-electron chi connectivity index (χ0n) is 17.0. The SMILES string of the molecule is N#Cc1ccc(C2CCCCC2)cc1NC(=O)c1cccc(N2CCCCC2)c1. The predicted molar refractivity (Wildman–Crippen MR) is 117 cm³/mol. The van der Waals surface area contributed by atoms with Crippen molar-refractivity contribution in [1.29, 1.82) is 5.26 Å². The van der Waals surface area contributed by atoms with E-state index in [9.17, 15) is 10.1 Å². The van der Waals surface area contributed by atoms with Crippen molar-refractivity contribution in [2.75, 3.05) is 23.3 Å². The molecule has 1 amide bonds. The third-order valence-electron chi connectivity index (χ3n) is 6.32. The minimum Gasteiger partial charge on any atom is -0.372 e. The molecule has 0 atom stereocenters. The third-order valence-corrected chi connectivity index (χ3v) is 6.32. The van der Waals surface area contributed by atoms with Crippen molar-refractivity contribution in [2.24, 2.45) is 0 Å². The molecule has 1 aliphatic heterocycles. The average Bonchev–Trinajstić information content (AvgIpc) is 2.80. The van der Waals surface area contributed by atoms with Gasteiger partial charge >= 0.3 is 0 Å². The van der Waals surface area contributed by atoms with Crippen molar-refractivity contribution in [3.8, 4) is 6.07 Å². The monoisotopic (exact) mass is 387 g/mol. The van der Waals surface area contributed by atoms with Gasteiger partial charge in [0.1, 0.15) is 6.07 Å². The van der Waals surface area contributed by atoms with Crippen LogP contribution in [-0.4, -0.2) is 19.0 Å². The molecular weight excluding hydrogens is 358 g/mol. The molecule has 1 N–H and O–H groups in total. The quantitative estimate of drug-likeness (QED) is 0.716. The van der Waals surface area contributed by atoms with E-state index in [0.717, 1.165) is 18.8 Å². The van der Waals surface area contributed by atoms with Gasteiger partial charge in [0, 0.05) is 24.3 Å². The van der Waals surface area contributed by atoms with Gasteiger partial charge in [0.15, 0.2) is 0 Å². The fourth-order valence-electron chi connectivity index (χ4n) is 4.64. The minimum atomic E-state index is -0.152. The lowest BCUT2D eigenvalue weighted by atomic mass is 9.83. The molecule has 0 bridgehead atoms. The van der Waals surface area contributed by atoms with Gasteiger partial charge in [-0.3, -0.25) is 4.79 Å². The molecule has 1 saturated carbocycles. The van der Waals surface area contributed by atoms with E-state index in [1.165, 1.54) is 56.9 Å². The number of benzene rings is 2. The lowest BCUT2D eigenvalue weighted by molar-refractivity contribution is 0.102. The van der Waals surface area contributed by atoms with Crippen LogP contribution < -0.4 is 10.2 Å². The molecule has 2 fully saturated rings. The highest BCUT2D eigenvalue weighted by molar-refractivity contribution is 6.05. The maximum absolute atomic E-state index is 13.0. The number of nitriles is 1. The summed E-state index contributed by atoms with van der Waals surface area (Å²) in [6.07, 6.45) is 9.90. The van der Waals surface area contributed by atoms with Gasteiger partial charge in [-0.1, -0.05) is 31.4 Å². The first-order chi connectivity index (χ1) is 14.2. The van der Waals surface area contributed by atoms with E-state index in [1.807, 2.05) is 30.3 Å². The Morgan fingerprint density at radius 1 is 0.966 bits per heavy atom. The number of rotatable bonds is 4. The first kappa shape index (κ1) is 19.5. The van der Waals surface area contributed by atoms with Crippen LogP contribution in [0.3, 0.4) is 0 Å². The van der Waals surface area contributed by atoms with Crippen molar-refractivity contribution in [3.63, 3.8) is 0 Å². The first-order valence-electron chi connectivity index (χ1n) is 10.9. The summed E-state index contributed by atoms with van der Waals surface area (Å²) in [5.74, 6) is 0.385. The number of piperidine rings is 1. The van der Waals surface area contributed by atoms with Crippen molar-refractivity contribution >= 4 is 17.3 Å². The van der Waals surface area contributed by atoms with E-state index < -0.39 is 0 Å². The summed E-state index contributed by atoms with van der Waals surface area (Å²) in [5, 5.41) is 12.5. The molecule has 0 unspecified atom stereocenters. The molecule has 4 rings (SSSR count). The van der Waals surface area contributed by atoms with Crippen LogP contribution in [0, 0.1) is 11.3 Å². The average molecular weight is 388 g/mol. The van der Waals surface area contributed by atoms with Gasteiger partial charge in [0.05, 0.1) is 11.3 Å². The predicted octanol–water partition coefficient (Wildman–Crippen LogP) is 5.85. The molecule has 2 aromatic carbocycles. The fourth-order valence-corrected chi connectivity index (χ4v) is 4.64. The number of hydrogen-bond donors (Lipinski definition) is 1. The van der Waals surface area contributed by atoms with Crippen LogP contribution in [0.15, 0.2) is 42.5 Å². The van der Waals surface area contributed by atoms with Crippen molar-refractivity contribution in [1.82, 2.24) is 0 Å². The molecule has 1 heterocycles. The summed E-state index contributed by atoms with van der Waals surface area (Å²) in [7, 11) is 0. The second kappa shape index (κ2) is 9.13. The number of nitrogens with zero attached hydrogens (tertiary/aromatic N) is 2. The fraction of sp³-hybridized carbons (Fsp3) is 0.440. The van der Waals surface area contributed by atoms with Gasteiger partial charge in [0.2, 0.25) is 0 Å². The summed E-state index contributed by atoms with van der Waals surface area (Å²) < 4.78 is 0. The number of anilines is 2. The van der Waals surface area contributed by atoms with Crippen LogP contribution in [0.2, 0.25) is 0 Å². The molecule has 0 radical (unpaired) electrons. The number of carbonyl (C=O) groups excluding carboxylic acids is 1. The Morgan fingerprint density at radius 2 is 1.72 bits per heavy atom. The van der Waals surface area contributed by atoms with Crippen molar-refractivity contribution in [2.45, 2.75) is 57.3 Å². The van der Waals surface area contributed by atoms with Crippen LogP contribution in [0.4, 0.5) is 11.4 Å². The number of hydrogen-bond acceptors (Lipinski definition) is 3. The molecule has 150 valence electrons. The third kappa shape index (κ3) is 4.62. The Morgan fingerprint density at radius 3 is 2.48 bits per heavy atom. The van der Waals surface area contributed by atoms with Gasteiger partial charge in [-0.25, -0.2) is 0 Å². The zero-order valence-corrected chi connectivity index (χ0v) is 17.0. The zero-order chi connectivity index (χ0) is 20.1. The first-order valence-corrected chi connectivity index (χ1v) is 10.9. The molecule has 0 aromatic heterocycles. The Labute approximate surface area is 173 Å². The van der Waals surface area contributed by atoms with Crippen molar-refractivity contribution < 1.29 is 4.79 Å². The molecule has 1 aliphatic carbocycles. The van der Waals surface area contributed by atoms with E-state index in [-0.39, 0.29) is 5.91 Å². The Kier molecular flexibility index (Phi) is 6.14. The summed E-state index contributed by atoms with van der Waals surface area (Å²) >= 11 is 0. The normalized spacial score (nSPS) is 17.6. The van der Waals surface area contributed by atoms with Crippen LogP contribution >= 0.6 is 0 Å². The van der Waals surface area contributed by atoms with Gasteiger partial charge < -0.3 is 10.2 Å². The van der Waals surface area contributed by atoms with Gasteiger partial charge in [0.25, 0.3) is 5.91 Å². The molecule has 1 saturated heterocycles. The van der Waals surface area contributed by atoms with E-state index in [2.05, 4.69) is 28.4 Å². The topological polar surface area (TPSA) is 56.1 Å². The second-order valence-corrected chi connectivity index (χ2v) is 8.30. The highest BCUT2D eigenvalue weighted by atomic mass is 16.1. The lowest BCUT2D eigenvalue weighted by Crippen LogP contribution is -2.29. The summed E-state index contributed by atoms with van der Waals surface area (Å²) in [6.45, 7) is 2.10. The van der Waals surface area contributed by atoms with E-state index in [0.29, 0.717) is 22.7 Å². The maximum Gasteiger partial charge on any atom is 0.255 e. The molecular formula is C25H29N3O. The molecule has 2 aliphatic rings. The number of carbonyl (C=O) groups is 1. The van der Waals surface area contributed by atoms with Crippen LogP contribution in [0.1, 0.15) is 78.8 Å². The summed E-state index contributed by atoms with van der Waals surface area (Å²) in [5.41, 5.74) is 4.13. The van der Waals surface area contributed by atoms with Crippen LogP contribution in [0.25, 0.3) is 0 Å². The Hall–Kier alpha value is -2.80. The van der Waals surface area contributed by atoms with Gasteiger partial charge in [-0.2, -0.15) is 5.26 Å². The highest BCUT2D eigenvalue weighted by Crippen LogP contribution is 2.34. The highest BCUT2D eigenvalue weighted by Gasteiger charge is 2.18. The molecule has 0 spiro atoms. The van der Waals surface area contributed by atoms with E-state index in [1.54, 1.807) is 0 Å².